The van der Waals surface area contributed by atoms with Gasteiger partial charge in [0, 0.05) is 23.4 Å². The number of carbonyl (C=O) groups excluding carboxylic acids is 2. The summed E-state index contributed by atoms with van der Waals surface area (Å²) in [6.45, 7) is 11.4. The van der Waals surface area contributed by atoms with Gasteiger partial charge in [0.15, 0.2) is 0 Å². The fourth-order valence-electron chi connectivity index (χ4n) is 10.4. The van der Waals surface area contributed by atoms with Crippen molar-refractivity contribution in [2.45, 2.75) is 96.3 Å². The number of hydrogen-bond donors (Lipinski definition) is 1. The second-order valence-corrected chi connectivity index (χ2v) is 20.3. The summed E-state index contributed by atoms with van der Waals surface area (Å²) in [6.07, 6.45) is 7.86. The van der Waals surface area contributed by atoms with Crippen LogP contribution in [0.2, 0.25) is 5.04 Å². The number of carbonyl (C=O) groups is 2. The first kappa shape index (κ1) is 33.1. The van der Waals surface area contributed by atoms with Crippen molar-refractivity contribution in [3.05, 3.63) is 96.6 Å². The molecule has 3 aliphatic carbocycles. The van der Waals surface area contributed by atoms with Crippen LogP contribution in [0.4, 0.5) is 0 Å². The van der Waals surface area contributed by atoms with Crippen LogP contribution in [0.3, 0.4) is 0 Å². The van der Waals surface area contributed by atoms with Crippen LogP contribution >= 0.6 is 0 Å². The van der Waals surface area contributed by atoms with E-state index in [2.05, 4.69) is 95.3 Å². The van der Waals surface area contributed by atoms with Gasteiger partial charge in [-0.2, -0.15) is 0 Å². The molecule has 1 N–H and O–H groups in total. The highest BCUT2D eigenvalue weighted by atomic mass is 28.4. The summed E-state index contributed by atoms with van der Waals surface area (Å²) < 4.78 is 7.52. The van der Waals surface area contributed by atoms with Crippen LogP contribution in [0, 0.1) is 34.5 Å². The monoisotopic (exact) mass is 636 g/mol. The van der Waals surface area contributed by atoms with Crippen LogP contribution in [0.5, 0.6) is 0 Å². The molecular weight excluding hydrogens is 585 g/mol. The molecule has 8 atom stereocenters. The Morgan fingerprint density at radius 2 is 1.28 bits per heavy atom. The van der Waals surface area contributed by atoms with Crippen molar-refractivity contribution < 1.29 is 19.1 Å². The zero-order chi connectivity index (χ0) is 32.8. The van der Waals surface area contributed by atoms with E-state index in [1.807, 2.05) is 30.3 Å². The van der Waals surface area contributed by atoms with Crippen molar-refractivity contribution in [3.8, 4) is 0 Å². The number of aldehydes is 2. The fraction of sp³-hybridized carbons (Fsp3) is 0.512. The van der Waals surface area contributed by atoms with Crippen molar-refractivity contribution in [2.24, 2.45) is 34.5 Å². The maximum Gasteiger partial charge on any atom is 0.261 e. The molecular formula is C41H52O4Si. The molecule has 3 fully saturated rings. The minimum absolute atomic E-state index is 0.0484. The van der Waals surface area contributed by atoms with Crippen molar-refractivity contribution in [2.75, 3.05) is 0 Å². The van der Waals surface area contributed by atoms with Crippen LogP contribution in [-0.4, -0.2) is 32.1 Å². The van der Waals surface area contributed by atoms with Gasteiger partial charge in [0.1, 0.15) is 12.6 Å². The van der Waals surface area contributed by atoms with Crippen LogP contribution in [0.1, 0.15) is 85.1 Å². The zero-order valence-electron chi connectivity index (χ0n) is 28.3. The predicted molar refractivity (Wildman–Crippen MR) is 187 cm³/mol. The highest BCUT2D eigenvalue weighted by Gasteiger charge is 2.64. The summed E-state index contributed by atoms with van der Waals surface area (Å²) in [5.41, 5.74) is -0.668. The molecule has 5 heteroatoms. The minimum Gasteiger partial charge on any atom is -0.404 e. The van der Waals surface area contributed by atoms with Gasteiger partial charge in [-0.25, -0.2) is 0 Å². The Balaban J connectivity index is 1.29. The van der Waals surface area contributed by atoms with Gasteiger partial charge in [-0.15, -0.1) is 0 Å². The first-order chi connectivity index (χ1) is 21.9. The highest BCUT2D eigenvalue weighted by molar-refractivity contribution is 6.99. The molecule has 0 aliphatic heterocycles. The Labute approximate surface area is 277 Å². The first-order valence-corrected chi connectivity index (χ1v) is 19.3. The molecule has 3 aliphatic rings. The van der Waals surface area contributed by atoms with E-state index in [1.165, 1.54) is 22.9 Å². The van der Waals surface area contributed by atoms with Crippen molar-refractivity contribution in [3.63, 3.8) is 0 Å². The van der Waals surface area contributed by atoms with E-state index in [-0.39, 0.29) is 45.6 Å². The normalized spacial score (nSPS) is 34.9. The Morgan fingerprint density at radius 1 is 0.739 bits per heavy atom. The van der Waals surface area contributed by atoms with Gasteiger partial charge in [0.05, 0.1) is 5.60 Å². The van der Waals surface area contributed by atoms with E-state index in [0.717, 1.165) is 37.7 Å². The van der Waals surface area contributed by atoms with E-state index in [4.69, 9.17) is 4.43 Å². The summed E-state index contributed by atoms with van der Waals surface area (Å²) in [5, 5.41) is 14.6. The van der Waals surface area contributed by atoms with Gasteiger partial charge < -0.3 is 19.1 Å². The number of benzene rings is 3. The molecule has 3 aromatic carbocycles. The molecule has 46 heavy (non-hydrogen) atoms. The molecule has 0 spiro atoms. The van der Waals surface area contributed by atoms with Gasteiger partial charge in [-0.3, -0.25) is 0 Å². The molecule has 0 unspecified atom stereocenters. The zero-order valence-corrected chi connectivity index (χ0v) is 29.3. The molecule has 3 aromatic rings. The Hall–Kier alpha value is -2.86. The average Bonchev–Trinajstić information content (AvgIpc) is 3.35. The van der Waals surface area contributed by atoms with Crippen molar-refractivity contribution in [1.29, 1.82) is 0 Å². The van der Waals surface area contributed by atoms with Gasteiger partial charge in [-0.05, 0) is 83.2 Å². The van der Waals surface area contributed by atoms with E-state index in [1.54, 1.807) is 0 Å². The lowest BCUT2D eigenvalue weighted by Crippen LogP contribution is -2.68. The molecule has 0 radical (unpaired) electrons. The molecule has 244 valence electrons. The van der Waals surface area contributed by atoms with E-state index in [9.17, 15) is 14.7 Å². The van der Waals surface area contributed by atoms with E-state index < -0.39 is 13.9 Å². The van der Waals surface area contributed by atoms with Gasteiger partial charge in [-0.1, -0.05) is 126 Å². The largest absolute Gasteiger partial charge is 0.404 e. The van der Waals surface area contributed by atoms with E-state index in [0.29, 0.717) is 12.8 Å². The third-order valence-corrected chi connectivity index (χ3v) is 18.1. The van der Waals surface area contributed by atoms with Crippen LogP contribution in [0.15, 0.2) is 91.0 Å². The lowest BCUT2D eigenvalue weighted by molar-refractivity contribution is -0.153. The lowest BCUT2D eigenvalue weighted by Gasteiger charge is -2.57. The molecule has 4 nitrogen and oxygen atoms in total. The van der Waals surface area contributed by atoms with Crippen molar-refractivity contribution >= 4 is 31.3 Å². The third kappa shape index (κ3) is 5.09. The average molecular weight is 637 g/mol. The molecule has 3 saturated carbocycles. The van der Waals surface area contributed by atoms with Crippen LogP contribution in [0.25, 0.3) is 0 Å². The Kier molecular flexibility index (Phi) is 8.84. The topological polar surface area (TPSA) is 63.6 Å². The molecule has 0 bridgehead atoms. The minimum atomic E-state index is -2.76. The summed E-state index contributed by atoms with van der Waals surface area (Å²) in [6, 6.07) is 31.5. The van der Waals surface area contributed by atoms with Gasteiger partial charge >= 0.3 is 0 Å². The molecule has 0 heterocycles. The highest BCUT2D eigenvalue weighted by Crippen LogP contribution is 2.67. The third-order valence-electron chi connectivity index (χ3n) is 13.0. The predicted octanol–water partition coefficient (Wildman–Crippen LogP) is 7.47. The maximum absolute atomic E-state index is 13.1. The number of hydrogen-bond acceptors (Lipinski definition) is 4. The van der Waals surface area contributed by atoms with Gasteiger partial charge in [0.2, 0.25) is 0 Å². The second kappa shape index (κ2) is 12.3. The van der Waals surface area contributed by atoms with Gasteiger partial charge in [0.25, 0.3) is 8.32 Å². The molecule has 6 rings (SSSR count). The molecule has 0 saturated heterocycles. The smallest absolute Gasteiger partial charge is 0.261 e. The fourth-order valence-corrected chi connectivity index (χ4v) is 15.1. The van der Waals surface area contributed by atoms with Crippen molar-refractivity contribution in [1.82, 2.24) is 0 Å². The summed E-state index contributed by atoms with van der Waals surface area (Å²) in [5.74, 6) is -0.192. The molecule has 0 aromatic heterocycles. The van der Waals surface area contributed by atoms with Crippen LogP contribution in [-0.2, 0) is 19.6 Å². The first-order valence-electron chi connectivity index (χ1n) is 17.4. The number of aliphatic hydroxyl groups is 1. The SMILES string of the molecule is CC(C)(C)[Si](O[C@H]1CC[C@](C)([C@H]2CC[C@@]3(C)[C@@H](CC[C@@]3(O)c3ccccc3)[C@@H]2C=O)[C@@H](C=O)C1)(c1ccccc1)c1ccccc1. The number of rotatable bonds is 8. The summed E-state index contributed by atoms with van der Waals surface area (Å²) in [4.78, 5) is 26.1. The maximum atomic E-state index is 13.1. The number of fused-ring (bicyclic) bond motifs is 1. The summed E-state index contributed by atoms with van der Waals surface area (Å²) >= 11 is 0. The van der Waals surface area contributed by atoms with Crippen LogP contribution < -0.4 is 10.4 Å². The summed E-state index contributed by atoms with van der Waals surface area (Å²) in [7, 11) is -2.76. The second-order valence-electron chi connectivity index (χ2n) is 16.1. The Bertz CT molecular complexity index is 1460. The standard InChI is InChI=1S/C41H52O4Si/c1-38(2,3)46(33-17-11-7-12-18-33,34-19-13-8-14-20-34)45-32-21-24-39(4,31(27-32)28-42)36-22-25-40(5)37(35(36)29-43)23-26-41(40,44)30-15-9-6-10-16-30/h6-20,28-29,31-32,35-37,44H,21-27H2,1-5H3/t31-,32+,35-,36+,37+,39+,40+,41-/m1/s1. The Morgan fingerprint density at radius 3 is 1.80 bits per heavy atom. The quantitative estimate of drug-likeness (QED) is 0.206. The molecule has 0 amide bonds. The van der Waals surface area contributed by atoms with E-state index >= 15 is 0 Å². The lowest BCUT2D eigenvalue weighted by atomic mass is 9.48.